The van der Waals surface area contributed by atoms with Gasteiger partial charge in [-0.2, -0.15) is 0 Å². The van der Waals surface area contributed by atoms with E-state index in [4.69, 9.17) is 15.2 Å². The van der Waals surface area contributed by atoms with E-state index in [1.54, 1.807) is 57.5 Å². The Bertz CT molecular complexity index is 769. The highest BCUT2D eigenvalue weighted by Gasteiger charge is 2.07. The van der Waals surface area contributed by atoms with Crippen LogP contribution in [0.2, 0.25) is 0 Å². The third kappa shape index (κ3) is 5.65. The fourth-order valence-corrected chi connectivity index (χ4v) is 2.28. The number of hydrogen-bond donors (Lipinski definition) is 2. The third-order valence-corrected chi connectivity index (χ3v) is 3.60. The smallest absolute Gasteiger partial charge is 0.193 e. The number of rotatable bonds is 6. The molecule has 0 saturated heterocycles. The second-order valence-electron chi connectivity index (χ2n) is 5.57. The molecule has 0 aromatic heterocycles. The van der Waals surface area contributed by atoms with Crippen LogP contribution in [0, 0.1) is 5.82 Å². The Hall–Kier alpha value is -2.23. The van der Waals surface area contributed by atoms with Crippen LogP contribution < -0.4 is 25.4 Å². The molecule has 2 aromatic rings. The first-order valence-corrected chi connectivity index (χ1v) is 7.69. The second kappa shape index (κ2) is 10.0. The van der Waals surface area contributed by atoms with Gasteiger partial charge in [0.05, 0.1) is 32.1 Å². The summed E-state index contributed by atoms with van der Waals surface area (Å²) in [5.74, 6) is 1.18. The molecular formula is C18H24FIN4O2. The highest BCUT2D eigenvalue weighted by Crippen LogP contribution is 2.28. The number of guanidine groups is 1. The number of anilines is 2. The topological polar surface area (TPSA) is 72.1 Å². The number of nitrogens with one attached hydrogen (secondary N) is 1. The highest BCUT2D eigenvalue weighted by atomic mass is 127. The predicted octanol–water partition coefficient (Wildman–Crippen LogP) is 3.45. The summed E-state index contributed by atoms with van der Waals surface area (Å²) in [6, 6.07) is 10.3. The lowest BCUT2D eigenvalue weighted by Crippen LogP contribution is -2.23. The second-order valence-corrected chi connectivity index (χ2v) is 5.57. The van der Waals surface area contributed by atoms with Crippen LogP contribution in [0.3, 0.4) is 0 Å². The summed E-state index contributed by atoms with van der Waals surface area (Å²) in [5.41, 5.74) is 7.82. The molecule has 0 aliphatic carbocycles. The standard InChI is InChI=1S/C18H23FN4O2.HI/c1-23(2)16-7-5-12(9-14(16)19)11-21-18(20)22-15-10-13(24-3)6-8-17(15)25-4;/h5-10H,11H2,1-4H3,(H3,20,21,22);1H. The van der Waals surface area contributed by atoms with E-state index in [0.29, 0.717) is 22.9 Å². The van der Waals surface area contributed by atoms with Gasteiger partial charge in [-0.25, -0.2) is 9.38 Å². The third-order valence-electron chi connectivity index (χ3n) is 3.60. The monoisotopic (exact) mass is 474 g/mol. The zero-order chi connectivity index (χ0) is 18.4. The summed E-state index contributed by atoms with van der Waals surface area (Å²) in [6.45, 7) is 0.260. The molecule has 26 heavy (non-hydrogen) atoms. The summed E-state index contributed by atoms with van der Waals surface area (Å²) in [5, 5.41) is 2.97. The minimum absolute atomic E-state index is 0. The molecule has 0 amide bonds. The Balaban J connectivity index is 0.00000338. The van der Waals surface area contributed by atoms with E-state index < -0.39 is 0 Å². The van der Waals surface area contributed by atoms with Gasteiger partial charge in [0.1, 0.15) is 17.3 Å². The fraction of sp³-hybridized carbons (Fsp3) is 0.278. The summed E-state index contributed by atoms with van der Waals surface area (Å²) in [4.78, 5) is 5.96. The number of hydrogen-bond acceptors (Lipinski definition) is 4. The van der Waals surface area contributed by atoms with Gasteiger partial charge < -0.3 is 25.4 Å². The van der Waals surface area contributed by atoms with Crippen LogP contribution in [0.15, 0.2) is 41.4 Å². The number of benzene rings is 2. The SMILES string of the molecule is COc1ccc(OC)c(NC(N)=NCc2ccc(N(C)C)c(F)c2)c1.I. The van der Waals surface area contributed by atoms with Crippen molar-refractivity contribution in [1.82, 2.24) is 0 Å². The Kier molecular flexibility index (Phi) is 8.43. The van der Waals surface area contributed by atoms with E-state index in [0.717, 1.165) is 5.56 Å². The van der Waals surface area contributed by atoms with E-state index in [1.807, 2.05) is 6.07 Å². The number of ether oxygens (including phenoxy) is 2. The first-order valence-electron chi connectivity index (χ1n) is 7.69. The van der Waals surface area contributed by atoms with Gasteiger partial charge in [0.2, 0.25) is 0 Å². The van der Waals surface area contributed by atoms with Crippen molar-refractivity contribution in [2.24, 2.45) is 10.7 Å². The summed E-state index contributed by atoms with van der Waals surface area (Å²) >= 11 is 0. The lowest BCUT2D eigenvalue weighted by atomic mass is 10.2. The molecule has 8 heteroatoms. The summed E-state index contributed by atoms with van der Waals surface area (Å²) in [7, 11) is 6.73. The minimum atomic E-state index is -0.293. The van der Waals surface area contributed by atoms with Crippen molar-refractivity contribution in [3.63, 3.8) is 0 Å². The molecule has 0 radical (unpaired) electrons. The molecule has 0 unspecified atom stereocenters. The lowest BCUT2D eigenvalue weighted by molar-refractivity contribution is 0.405. The molecule has 2 aromatic carbocycles. The van der Waals surface area contributed by atoms with Gasteiger partial charge in [0.25, 0.3) is 0 Å². The molecule has 0 aliphatic heterocycles. The van der Waals surface area contributed by atoms with Crippen LogP contribution in [0.5, 0.6) is 11.5 Å². The van der Waals surface area contributed by atoms with Crippen molar-refractivity contribution in [3.05, 3.63) is 47.8 Å². The molecule has 142 valence electrons. The van der Waals surface area contributed by atoms with Gasteiger partial charge in [0.15, 0.2) is 5.96 Å². The molecule has 0 saturated carbocycles. The zero-order valence-corrected chi connectivity index (χ0v) is 17.6. The van der Waals surface area contributed by atoms with E-state index in [-0.39, 0.29) is 42.3 Å². The van der Waals surface area contributed by atoms with Crippen molar-refractivity contribution in [3.8, 4) is 11.5 Å². The number of methoxy groups -OCH3 is 2. The maximum absolute atomic E-state index is 14.0. The Morgan fingerprint density at radius 3 is 2.46 bits per heavy atom. The largest absolute Gasteiger partial charge is 0.497 e. The van der Waals surface area contributed by atoms with Crippen LogP contribution in [0.4, 0.5) is 15.8 Å². The van der Waals surface area contributed by atoms with E-state index in [2.05, 4.69) is 10.3 Å². The van der Waals surface area contributed by atoms with Gasteiger partial charge in [-0.05, 0) is 29.8 Å². The average Bonchev–Trinajstić information content (AvgIpc) is 2.59. The first kappa shape index (κ1) is 21.8. The lowest BCUT2D eigenvalue weighted by Gasteiger charge is -2.14. The number of halogens is 2. The molecule has 0 atom stereocenters. The molecule has 0 spiro atoms. The molecule has 6 nitrogen and oxygen atoms in total. The molecule has 0 aliphatic rings. The Labute approximate surface area is 170 Å². The fourth-order valence-electron chi connectivity index (χ4n) is 2.28. The van der Waals surface area contributed by atoms with Crippen LogP contribution in [-0.2, 0) is 6.54 Å². The van der Waals surface area contributed by atoms with Gasteiger partial charge in [0, 0.05) is 20.2 Å². The van der Waals surface area contributed by atoms with Gasteiger partial charge in [-0.1, -0.05) is 6.07 Å². The minimum Gasteiger partial charge on any atom is -0.497 e. The zero-order valence-electron chi connectivity index (χ0n) is 15.2. The summed E-state index contributed by atoms with van der Waals surface area (Å²) < 4.78 is 24.5. The average molecular weight is 474 g/mol. The van der Waals surface area contributed by atoms with E-state index >= 15 is 0 Å². The summed E-state index contributed by atoms with van der Waals surface area (Å²) in [6.07, 6.45) is 0. The van der Waals surface area contributed by atoms with E-state index in [1.165, 1.54) is 6.07 Å². The van der Waals surface area contributed by atoms with Crippen molar-refractivity contribution in [1.29, 1.82) is 0 Å². The highest BCUT2D eigenvalue weighted by molar-refractivity contribution is 14.0. The van der Waals surface area contributed by atoms with Crippen molar-refractivity contribution in [2.45, 2.75) is 6.54 Å². The van der Waals surface area contributed by atoms with Crippen LogP contribution >= 0.6 is 24.0 Å². The first-order chi connectivity index (χ1) is 11.9. The molecule has 0 bridgehead atoms. The molecule has 3 N–H and O–H groups in total. The quantitative estimate of drug-likeness (QED) is 0.381. The predicted molar refractivity (Wildman–Crippen MR) is 115 cm³/mol. The number of nitrogens with zero attached hydrogens (tertiary/aromatic N) is 2. The normalized spacial score (nSPS) is 10.7. The molecular weight excluding hydrogens is 450 g/mol. The van der Waals surface area contributed by atoms with Crippen LogP contribution in [-0.4, -0.2) is 34.3 Å². The van der Waals surface area contributed by atoms with Crippen molar-refractivity contribution in [2.75, 3.05) is 38.5 Å². The van der Waals surface area contributed by atoms with Gasteiger partial charge >= 0.3 is 0 Å². The Morgan fingerprint density at radius 2 is 1.88 bits per heavy atom. The molecule has 0 heterocycles. The van der Waals surface area contributed by atoms with Gasteiger partial charge in [-0.15, -0.1) is 24.0 Å². The van der Waals surface area contributed by atoms with Crippen LogP contribution in [0.1, 0.15) is 5.56 Å². The van der Waals surface area contributed by atoms with Crippen molar-refractivity contribution < 1.29 is 13.9 Å². The molecule has 0 fully saturated rings. The maximum Gasteiger partial charge on any atom is 0.193 e. The number of aliphatic imine (C=N–C) groups is 1. The molecule has 2 rings (SSSR count). The maximum atomic E-state index is 14.0. The van der Waals surface area contributed by atoms with Gasteiger partial charge in [-0.3, -0.25) is 0 Å². The van der Waals surface area contributed by atoms with Crippen LogP contribution in [0.25, 0.3) is 0 Å². The Morgan fingerprint density at radius 1 is 1.15 bits per heavy atom. The van der Waals surface area contributed by atoms with Crippen molar-refractivity contribution >= 4 is 41.3 Å². The van der Waals surface area contributed by atoms with E-state index in [9.17, 15) is 4.39 Å². The number of nitrogens with two attached hydrogens (primary N) is 1.